The lowest BCUT2D eigenvalue weighted by molar-refractivity contribution is -0.123. The molecule has 7 heteroatoms. The molecule has 0 aliphatic carbocycles. The number of aliphatic hydroxyl groups excluding tert-OH is 1. The first-order valence-corrected chi connectivity index (χ1v) is 11.6. The Morgan fingerprint density at radius 2 is 1.65 bits per heavy atom. The number of phenolic OH excluding ortho intramolecular Hbond substituents is 1. The molecule has 6 N–H and O–H groups in total. The van der Waals surface area contributed by atoms with Crippen LogP contribution in [-0.2, 0) is 4.79 Å². The summed E-state index contributed by atoms with van der Waals surface area (Å²) in [6, 6.07) is 20.1. The van der Waals surface area contributed by atoms with Crippen molar-refractivity contribution in [2.45, 2.75) is 45.0 Å². The minimum absolute atomic E-state index is 0.0537. The van der Waals surface area contributed by atoms with Crippen molar-refractivity contribution in [3.05, 3.63) is 72.3 Å². The highest BCUT2D eigenvalue weighted by atomic mass is 16.3. The van der Waals surface area contributed by atoms with Gasteiger partial charge in [0.25, 0.3) is 0 Å². The molecule has 1 fully saturated rings. The highest BCUT2D eigenvalue weighted by Gasteiger charge is 2.34. The summed E-state index contributed by atoms with van der Waals surface area (Å²) in [6.07, 6.45) is 0.567. The Balaban J connectivity index is 1.38. The zero-order valence-corrected chi connectivity index (χ0v) is 19.5. The van der Waals surface area contributed by atoms with Gasteiger partial charge in [-0.3, -0.25) is 4.79 Å². The van der Waals surface area contributed by atoms with Gasteiger partial charge in [0.05, 0.1) is 11.7 Å². The maximum absolute atomic E-state index is 13.0. The molecule has 1 amide bonds. The van der Waals surface area contributed by atoms with E-state index in [2.05, 4.69) is 24.5 Å². The molecule has 0 spiro atoms. The maximum atomic E-state index is 13.0. The van der Waals surface area contributed by atoms with E-state index in [9.17, 15) is 15.0 Å². The number of aliphatic hydroxyl groups is 1. The molecule has 0 bridgehead atoms. The lowest BCUT2D eigenvalue weighted by Gasteiger charge is -2.29. The Morgan fingerprint density at radius 3 is 2.29 bits per heavy atom. The summed E-state index contributed by atoms with van der Waals surface area (Å²) in [6.45, 7) is 4.92. The topological polar surface area (TPSA) is 111 Å². The number of rotatable bonds is 7. The zero-order valence-electron chi connectivity index (χ0n) is 19.5. The number of amides is 1. The number of likely N-dealkylation sites (tertiary alicyclic amines) is 1. The molecule has 2 atom stereocenters. The summed E-state index contributed by atoms with van der Waals surface area (Å²) >= 11 is 0. The van der Waals surface area contributed by atoms with Crippen LogP contribution in [0, 0.1) is 0 Å². The number of nitrogens with zero attached hydrogens (tertiary/aromatic N) is 1. The number of phenols is 1. The minimum atomic E-state index is -0.953. The summed E-state index contributed by atoms with van der Waals surface area (Å²) in [5.74, 6) is 0.354. The van der Waals surface area contributed by atoms with Crippen LogP contribution in [-0.4, -0.2) is 40.0 Å². The second-order valence-corrected chi connectivity index (χ2v) is 9.03. The molecule has 3 aromatic carbocycles. The van der Waals surface area contributed by atoms with Crippen LogP contribution in [0.15, 0.2) is 66.7 Å². The van der Waals surface area contributed by atoms with Gasteiger partial charge in [0, 0.05) is 17.9 Å². The number of nitrogen functional groups attached to an aromatic ring is 1. The fourth-order valence-electron chi connectivity index (χ4n) is 4.27. The molecule has 4 rings (SSSR count). The van der Waals surface area contributed by atoms with E-state index in [1.807, 2.05) is 48.5 Å². The smallest absolute Gasteiger partial charge is 0.241 e. The number of aromatic hydroxyl groups is 1. The van der Waals surface area contributed by atoms with Crippen LogP contribution in [0.25, 0.3) is 11.1 Å². The van der Waals surface area contributed by atoms with Crippen LogP contribution in [0.2, 0.25) is 0 Å². The van der Waals surface area contributed by atoms with Crippen molar-refractivity contribution in [3.8, 4) is 16.9 Å². The number of nitrogens with two attached hydrogens (primary N) is 1. The number of carbonyl (C=O) groups is 1. The van der Waals surface area contributed by atoms with Crippen molar-refractivity contribution < 1.29 is 15.0 Å². The van der Waals surface area contributed by atoms with Crippen molar-refractivity contribution >= 4 is 23.0 Å². The average molecular weight is 461 g/mol. The molecule has 1 aliphatic heterocycles. The van der Waals surface area contributed by atoms with Crippen molar-refractivity contribution in [1.82, 2.24) is 4.90 Å². The molecule has 1 heterocycles. The average Bonchev–Trinajstić information content (AvgIpc) is 3.32. The number of carbonyl (C=O) groups excluding carboxylic acids is 1. The first-order valence-electron chi connectivity index (χ1n) is 11.6. The molecule has 1 saturated heterocycles. The molecule has 0 aromatic heterocycles. The van der Waals surface area contributed by atoms with E-state index in [4.69, 9.17) is 5.73 Å². The van der Waals surface area contributed by atoms with Gasteiger partial charge in [-0.2, -0.15) is 0 Å². The fourth-order valence-corrected chi connectivity index (χ4v) is 4.27. The van der Waals surface area contributed by atoms with E-state index in [1.54, 1.807) is 23.1 Å². The number of hydrogen-bond donors (Lipinski definition) is 5. The fraction of sp³-hybridized carbons (Fsp3) is 0.296. The molecule has 0 saturated carbocycles. The summed E-state index contributed by atoms with van der Waals surface area (Å²) in [4.78, 5) is 14.8. The first-order chi connectivity index (χ1) is 16.3. The Hall–Kier alpha value is -3.55. The van der Waals surface area contributed by atoms with Gasteiger partial charge in [0.1, 0.15) is 5.75 Å². The number of benzene rings is 3. The van der Waals surface area contributed by atoms with Gasteiger partial charge >= 0.3 is 0 Å². The molecule has 1 aliphatic rings. The summed E-state index contributed by atoms with van der Waals surface area (Å²) < 4.78 is 0. The third-order valence-corrected chi connectivity index (χ3v) is 6.30. The van der Waals surface area contributed by atoms with E-state index < -0.39 is 12.4 Å². The van der Waals surface area contributed by atoms with Crippen molar-refractivity contribution in [2.75, 3.05) is 22.9 Å². The van der Waals surface area contributed by atoms with Crippen molar-refractivity contribution in [2.24, 2.45) is 0 Å². The molecule has 34 heavy (non-hydrogen) atoms. The molecular weight excluding hydrogens is 428 g/mol. The normalized spacial score (nSPS) is 17.0. The summed E-state index contributed by atoms with van der Waals surface area (Å²) in [7, 11) is 0. The number of nitrogens with one attached hydrogen (secondary N) is 2. The van der Waals surface area contributed by atoms with E-state index in [0.29, 0.717) is 30.3 Å². The molecular formula is C27H32N4O3. The molecule has 178 valence electrons. The molecule has 0 radical (unpaired) electrons. The van der Waals surface area contributed by atoms with Crippen LogP contribution in [0.5, 0.6) is 5.75 Å². The molecule has 3 aromatic rings. The molecule has 1 unspecified atom stereocenters. The summed E-state index contributed by atoms with van der Waals surface area (Å²) in [5, 5.41) is 26.5. The summed E-state index contributed by atoms with van der Waals surface area (Å²) in [5.41, 5.74) is 10.6. The second-order valence-electron chi connectivity index (χ2n) is 9.03. The van der Waals surface area contributed by atoms with Gasteiger partial charge in [0.15, 0.2) is 6.35 Å². The van der Waals surface area contributed by atoms with Crippen molar-refractivity contribution in [1.29, 1.82) is 0 Å². The van der Waals surface area contributed by atoms with Gasteiger partial charge in [-0.05, 0) is 71.8 Å². The lowest BCUT2D eigenvalue weighted by Crippen LogP contribution is -2.48. The third-order valence-electron chi connectivity index (χ3n) is 6.30. The van der Waals surface area contributed by atoms with E-state index in [0.717, 1.165) is 23.2 Å². The maximum Gasteiger partial charge on any atom is 0.241 e. The Morgan fingerprint density at radius 1 is 1.00 bits per heavy atom. The highest BCUT2D eigenvalue weighted by Crippen LogP contribution is 2.29. The second kappa shape index (κ2) is 10.2. The zero-order chi connectivity index (χ0) is 24.2. The lowest BCUT2D eigenvalue weighted by atomic mass is 10.0. The van der Waals surface area contributed by atoms with Crippen LogP contribution < -0.4 is 16.4 Å². The quantitative estimate of drug-likeness (QED) is 0.201. The standard InChI is InChI=1S/C27H32N4O3/c1-17(2)18-5-10-22(11-6-18)30-27(34)31-15-3-4-24(31)26(33)29-21-12-7-19(8-13-21)20-9-14-25(32)23(28)16-20/h5-14,16-17,24,27,30,32,34H,3-4,15,28H2,1-2H3,(H,29,33)/t24-,27?/m1/s1. The van der Waals surface area contributed by atoms with Gasteiger partial charge in [0.2, 0.25) is 5.91 Å². The third kappa shape index (κ3) is 5.32. The van der Waals surface area contributed by atoms with Crippen molar-refractivity contribution in [3.63, 3.8) is 0 Å². The Labute approximate surface area is 200 Å². The van der Waals surface area contributed by atoms with E-state index >= 15 is 0 Å². The largest absolute Gasteiger partial charge is 0.506 e. The first kappa shape index (κ1) is 23.6. The van der Waals surface area contributed by atoms with Crippen LogP contribution in [0.1, 0.15) is 38.2 Å². The van der Waals surface area contributed by atoms with Crippen LogP contribution in [0.4, 0.5) is 17.1 Å². The number of anilines is 3. The highest BCUT2D eigenvalue weighted by molar-refractivity contribution is 5.95. The monoisotopic (exact) mass is 460 g/mol. The van der Waals surface area contributed by atoms with E-state index in [1.165, 1.54) is 5.56 Å². The van der Waals surface area contributed by atoms with Crippen LogP contribution >= 0.6 is 0 Å². The number of hydrogen-bond acceptors (Lipinski definition) is 6. The SMILES string of the molecule is CC(C)c1ccc(NC(O)N2CCC[C@@H]2C(=O)Nc2ccc(-c3ccc(O)c(N)c3)cc2)cc1. The van der Waals surface area contributed by atoms with Gasteiger partial charge < -0.3 is 26.6 Å². The van der Waals surface area contributed by atoms with Gasteiger partial charge in [-0.25, -0.2) is 4.90 Å². The van der Waals surface area contributed by atoms with Crippen LogP contribution in [0.3, 0.4) is 0 Å². The van der Waals surface area contributed by atoms with Gasteiger partial charge in [-0.1, -0.05) is 44.2 Å². The van der Waals surface area contributed by atoms with Gasteiger partial charge in [-0.15, -0.1) is 0 Å². The molecule has 7 nitrogen and oxygen atoms in total. The predicted octanol–water partition coefficient (Wildman–Crippen LogP) is 4.56. The van der Waals surface area contributed by atoms with E-state index in [-0.39, 0.29) is 11.7 Å². The Bertz CT molecular complexity index is 1130. The minimum Gasteiger partial charge on any atom is -0.506 e. The predicted molar refractivity (Wildman–Crippen MR) is 136 cm³/mol. The Kier molecular flexibility index (Phi) is 7.05.